The predicted octanol–water partition coefficient (Wildman–Crippen LogP) is 2.20. The van der Waals surface area contributed by atoms with Crippen molar-refractivity contribution in [3.05, 3.63) is 57.8 Å². The van der Waals surface area contributed by atoms with E-state index < -0.39 is 0 Å². The number of Topliss-reactive ketones (excluding diaryl/α,β-unsaturated/α-hetero) is 1. The molecule has 0 bridgehead atoms. The van der Waals surface area contributed by atoms with E-state index in [0.29, 0.717) is 24.5 Å². The van der Waals surface area contributed by atoms with E-state index in [0.717, 1.165) is 11.1 Å². The standard InChI is InChI=1S/C16H18N2O3/c1-4-21-15-6-5-13(12(3)19)7-14(15)10-18-9-11(2)8-17-16(18)20/h5-9H,4,10H2,1-3H3. The van der Waals surface area contributed by atoms with Crippen molar-refractivity contribution in [2.45, 2.75) is 27.3 Å². The Labute approximate surface area is 123 Å². The van der Waals surface area contributed by atoms with Crippen molar-refractivity contribution in [1.82, 2.24) is 9.55 Å². The number of rotatable bonds is 5. The number of carbonyl (C=O) groups excluding carboxylic acids is 1. The topological polar surface area (TPSA) is 61.2 Å². The lowest BCUT2D eigenvalue weighted by Gasteiger charge is -2.13. The van der Waals surface area contributed by atoms with Crippen LogP contribution >= 0.6 is 0 Å². The number of ketones is 1. The molecular weight excluding hydrogens is 268 g/mol. The Morgan fingerprint density at radius 3 is 2.81 bits per heavy atom. The minimum atomic E-state index is -0.323. The molecule has 5 heteroatoms. The normalized spacial score (nSPS) is 10.4. The largest absolute Gasteiger partial charge is 0.494 e. The van der Waals surface area contributed by atoms with Crippen LogP contribution in [-0.2, 0) is 6.54 Å². The maximum absolute atomic E-state index is 11.8. The summed E-state index contributed by atoms with van der Waals surface area (Å²) in [5.41, 5.74) is 1.97. The molecule has 1 heterocycles. The number of aryl methyl sites for hydroxylation is 1. The molecule has 0 unspecified atom stereocenters. The minimum Gasteiger partial charge on any atom is -0.494 e. The Morgan fingerprint density at radius 1 is 1.38 bits per heavy atom. The number of aromatic nitrogens is 2. The maximum Gasteiger partial charge on any atom is 0.347 e. The zero-order valence-corrected chi connectivity index (χ0v) is 12.4. The van der Waals surface area contributed by atoms with Gasteiger partial charge in [-0.1, -0.05) is 0 Å². The van der Waals surface area contributed by atoms with Crippen LogP contribution < -0.4 is 10.4 Å². The molecule has 21 heavy (non-hydrogen) atoms. The van der Waals surface area contributed by atoms with Crippen LogP contribution in [0.5, 0.6) is 5.75 Å². The van der Waals surface area contributed by atoms with Crippen molar-refractivity contribution in [3.63, 3.8) is 0 Å². The maximum atomic E-state index is 11.8. The van der Waals surface area contributed by atoms with Crippen LogP contribution in [0.3, 0.4) is 0 Å². The Hall–Kier alpha value is -2.43. The van der Waals surface area contributed by atoms with Crippen molar-refractivity contribution < 1.29 is 9.53 Å². The van der Waals surface area contributed by atoms with Crippen molar-refractivity contribution in [3.8, 4) is 5.75 Å². The fourth-order valence-corrected chi connectivity index (χ4v) is 2.08. The lowest BCUT2D eigenvalue weighted by Crippen LogP contribution is -2.23. The molecule has 0 aliphatic heterocycles. The van der Waals surface area contributed by atoms with E-state index in [1.807, 2.05) is 13.8 Å². The molecule has 0 aliphatic carbocycles. The van der Waals surface area contributed by atoms with E-state index in [9.17, 15) is 9.59 Å². The molecule has 0 aliphatic rings. The van der Waals surface area contributed by atoms with E-state index in [-0.39, 0.29) is 11.5 Å². The Morgan fingerprint density at radius 2 is 2.14 bits per heavy atom. The first-order valence-electron chi connectivity index (χ1n) is 6.81. The summed E-state index contributed by atoms with van der Waals surface area (Å²) in [4.78, 5) is 27.1. The van der Waals surface area contributed by atoms with Gasteiger partial charge in [0.2, 0.25) is 0 Å². The fraction of sp³-hybridized carbons (Fsp3) is 0.312. The molecule has 1 aromatic heterocycles. The highest BCUT2D eigenvalue weighted by atomic mass is 16.5. The molecule has 0 amide bonds. The summed E-state index contributed by atoms with van der Waals surface area (Å²) in [6.45, 7) is 6.12. The zero-order chi connectivity index (χ0) is 15.4. The monoisotopic (exact) mass is 286 g/mol. The van der Waals surface area contributed by atoms with E-state index >= 15 is 0 Å². The van der Waals surface area contributed by atoms with Gasteiger partial charge < -0.3 is 4.74 Å². The second-order valence-electron chi connectivity index (χ2n) is 4.85. The van der Waals surface area contributed by atoms with Crippen LogP contribution in [0.4, 0.5) is 0 Å². The molecule has 0 saturated carbocycles. The molecular formula is C16H18N2O3. The summed E-state index contributed by atoms with van der Waals surface area (Å²) in [7, 11) is 0. The number of nitrogens with zero attached hydrogens (tertiary/aromatic N) is 2. The van der Waals surface area contributed by atoms with Gasteiger partial charge >= 0.3 is 5.69 Å². The molecule has 2 aromatic rings. The smallest absolute Gasteiger partial charge is 0.347 e. The van der Waals surface area contributed by atoms with Gasteiger partial charge in [-0.15, -0.1) is 0 Å². The van der Waals surface area contributed by atoms with Gasteiger partial charge in [0.25, 0.3) is 0 Å². The number of benzene rings is 1. The zero-order valence-electron chi connectivity index (χ0n) is 12.4. The van der Waals surface area contributed by atoms with Gasteiger partial charge in [-0.25, -0.2) is 9.78 Å². The second-order valence-corrected chi connectivity index (χ2v) is 4.85. The van der Waals surface area contributed by atoms with Crippen molar-refractivity contribution in [2.24, 2.45) is 0 Å². The van der Waals surface area contributed by atoms with Crippen LogP contribution in [0.2, 0.25) is 0 Å². The number of hydrogen-bond donors (Lipinski definition) is 0. The molecule has 0 spiro atoms. The fourth-order valence-electron chi connectivity index (χ4n) is 2.08. The molecule has 0 N–H and O–H groups in total. The first kappa shape index (κ1) is 15.0. The lowest BCUT2D eigenvalue weighted by molar-refractivity contribution is 0.101. The summed E-state index contributed by atoms with van der Waals surface area (Å²) >= 11 is 0. The molecule has 0 radical (unpaired) electrons. The summed E-state index contributed by atoms with van der Waals surface area (Å²) < 4.78 is 7.08. The highest BCUT2D eigenvalue weighted by molar-refractivity contribution is 5.94. The average molecular weight is 286 g/mol. The average Bonchev–Trinajstić information content (AvgIpc) is 2.44. The highest BCUT2D eigenvalue weighted by Crippen LogP contribution is 2.21. The third-order valence-electron chi connectivity index (χ3n) is 3.09. The first-order chi connectivity index (χ1) is 10.0. The Balaban J connectivity index is 2.45. The van der Waals surface area contributed by atoms with E-state index in [1.165, 1.54) is 17.7 Å². The van der Waals surface area contributed by atoms with Gasteiger partial charge in [-0.3, -0.25) is 9.36 Å². The summed E-state index contributed by atoms with van der Waals surface area (Å²) in [5, 5.41) is 0. The quantitative estimate of drug-likeness (QED) is 0.791. The summed E-state index contributed by atoms with van der Waals surface area (Å²) in [6.07, 6.45) is 3.28. The SMILES string of the molecule is CCOc1ccc(C(C)=O)cc1Cn1cc(C)cnc1=O. The van der Waals surface area contributed by atoms with Crippen molar-refractivity contribution in [1.29, 1.82) is 0 Å². The van der Waals surface area contributed by atoms with Crippen LogP contribution in [0.25, 0.3) is 0 Å². The second kappa shape index (κ2) is 6.35. The number of ether oxygens (including phenoxy) is 1. The van der Waals surface area contributed by atoms with Crippen LogP contribution in [0.1, 0.15) is 35.3 Å². The van der Waals surface area contributed by atoms with E-state index in [1.54, 1.807) is 24.4 Å². The van der Waals surface area contributed by atoms with E-state index in [4.69, 9.17) is 4.74 Å². The third kappa shape index (κ3) is 3.56. The van der Waals surface area contributed by atoms with Crippen molar-refractivity contribution >= 4 is 5.78 Å². The first-order valence-corrected chi connectivity index (χ1v) is 6.81. The lowest BCUT2D eigenvalue weighted by atomic mass is 10.1. The Kier molecular flexibility index (Phi) is 4.52. The number of carbonyl (C=O) groups is 1. The number of hydrogen-bond acceptors (Lipinski definition) is 4. The van der Waals surface area contributed by atoms with Crippen molar-refractivity contribution in [2.75, 3.05) is 6.61 Å². The van der Waals surface area contributed by atoms with Gasteiger partial charge in [0.05, 0.1) is 13.2 Å². The summed E-state index contributed by atoms with van der Waals surface area (Å²) in [5.74, 6) is 0.657. The van der Waals surface area contributed by atoms with Crippen LogP contribution in [0, 0.1) is 6.92 Å². The molecule has 110 valence electrons. The van der Waals surface area contributed by atoms with Gasteiger partial charge in [0, 0.05) is 23.5 Å². The summed E-state index contributed by atoms with van der Waals surface area (Å²) in [6, 6.07) is 5.26. The van der Waals surface area contributed by atoms with Gasteiger partial charge in [0.1, 0.15) is 5.75 Å². The third-order valence-corrected chi connectivity index (χ3v) is 3.09. The predicted molar refractivity (Wildman–Crippen MR) is 80.0 cm³/mol. The molecule has 0 fully saturated rings. The van der Waals surface area contributed by atoms with Crippen LogP contribution in [0.15, 0.2) is 35.4 Å². The molecule has 2 rings (SSSR count). The molecule has 0 atom stereocenters. The Bertz CT molecular complexity index is 720. The van der Waals surface area contributed by atoms with E-state index in [2.05, 4.69) is 4.98 Å². The van der Waals surface area contributed by atoms with Gasteiger partial charge in [-0.05, 0) is 44.5 Å². The molecule has 1 aromatic carbocycles. The molecule has 5 nitrogen and oxygen atoms in total. The molecule has 0 saturated heterocycles. The highest BCUT2D eigenvalue weighted by Gasteiger charge is 2.09. The van der Waals surface area contributed by atoms with Gasteiger partial charge in [0.15, 0.2) is 5.78 Å². The van der Waals surface area contributed by atoms with Crippen LogP contribution in [-0.4, -0.2) is 21.9 Å². The van der Waals surface area contributed by atoms with Gasteiger partial charge in [-0.2, -0.15) is 0 Å². The minimum absolute atomic E-state index is 0.0194.